The van der Waals surface area contributed by atoms with E-state index in [0.29, 0.717) is 0 Å². The second-order valence-electron chi connectivity index (χ2n) is 3.50. The molecule has 0 aromatic rings. The van der Waals surface area contributed by atoms with E-state index in [0.717, 1.165) is 11.8 Å². The Morgan fingerprint density at radius 2 is 0.929 bits per heavy atom. The third kappa shape index (κ3) is 22.9. The van der Waals surface area contributed by atoms with Crippen LogP contribution in [0.5, 0.6) is 0 Å². The number of halogens is 2. The highest BCUT2D eigenvalue weighted by Gasteiger charge is 1.81. The summed E-state index contributed by atoms with van der Waals surface area (Å²) < 4.78 is 0. The second kappa shape index (κ2) is 19.2. The number of rotatable bonds is 8. The Labute approximate surface area is 100 Å². The first-order valence-corrected chi connectivity index (χ1v) is 7.02. The third-order valence-corrected chi connectivity index (χ3v) is 2.51. The van der Waals surface area contributed by atoms with E-state index >= 15 is 0 Å². The molecule has 0 aromatic heterocycles. The zero-order chi connectivity index (χ0) is 11.1. The lowest BCUT2D eigenvalue weighted by Crippen LogP contribution is -1.74. The second-order valence-corrected chi connectivity index (χ2v) is 4.26. The van der Waals surface area contributed by atoms with Gasteiger partial charge in [-0.2, -0.15) is 0 Å². The minimum Gasteiger partial charge on any atom is -0.127 e. The van der Waals surface area contributed by atoms with Crippen molar-refractivity contribution in [3.8, 4) is 0 Å². The van der Waals surface area contributed by atoms with Crippen molar-refractivity contribution >= 4 is 23.2 Å². The van der Waals surface area contributed by atoms with Crippen molar-refractivity contribution in [2.45, 2.75) is 65.2 Å². The monoisotopic (exact) mass is 240 g/mol. The molecule has 88 valence electrons. The third-order valence-electron chi connectivity index (χ3n) is 1.97. The van der Waals surface area contributed by atoms with Gasteiger partial charge in [0.05, 0.1) is 0 Å². The Bertz CT molecular complexity index is 56.7. The van der Waals surface area contributed by atoms with Gasteiger partial charge >= 0.3 is 0 Å². The fraction of sp³-hybridized carbons (Fsp3) is 1.00. The first-order valence-electron chi connectivity index (χ1n) is 5.95. The topological polar surface area (TPSA) is 0 Å². The van der Waals surface area contributed by atoms with Crippen molar-refractivity contribution in [2.24, 2.45) is 0 Å². The van der Waals surface area contributed by atoms with Crippen molar-refractivity contribution < 1.29 is 0 Å². The van der Waals surface area contributed by atoms with Gasteiger partial charge in [0.2, 0.25) is 0 Å². The Morgan fingerprint density at radius 1 is 0.571 bits per heavy atom. The van der Waals surface area contributed by atoms with Crippen LogP contribution in [0.25, 0.3) is 0 Å². The average molecular weight is 241 g/mol. The summed E-state index contributed by atoms with van der Waals surface area (Å²) >= 11 is 10.9. The van der Waals surface area contributed by atoms with E-state index in [1.807, 2.05) is 0 Å². The molecule has 0 aromatic carbocycles. The van der Waals surface area contributed by atoms with E-state index in [1.165, 1.54) is 51.4 Å². The summed E-state index contributed by atoms with van der Waals surface area (Å²) in [5.41, 5.74) is 0. The van der Waals surface area contributed by atoms with Crippen LogP contribution in [-0.4, -0.2) is 11.8 Å². The summed E-state index contributed by atoms with van der Waals surface area (Å²) in [7, 11) is 0. The maximum absolute atomic E-state index is 5.44. The van der Waals surface area contributed by atoms with E-state index in [9.17, 15) is 0 Å². The van der Waals surface area contributed by atoms with E-state index in [2.05, 4.69) is 13.8 Å². The molecule has 0 N–H and O–H groups in total. The molecule has 0 rings (SSSR count). The van der Waals surface area contributed by atoms with Crippen LogP contribution in [-0.2, 0) is 0 Å². The van der Waals surface area contributed by atoms with Crippen LogP contribution in [0.15, 0.2) is 0 Å². The molecule has 0 saturated carbocycles. The predicted octanol–water partition coefficient (Wildman–Crippen LogP) is 5.61. The molecule has 0 aliphatic heterocycles. The zero-order valence-electron chi connectivity index (χ0n) is 9.83. The van der Waals surface area contributed by atoms with Gasteiger partial charge in [-0.25, -0.2) is 0 Å². The van der Waals surface area contributed by atoms with E-state index < -0.39 is 0 Å². The Hall–Kier alpha value is 0.580. The quantitative estimate of drug-likeness (QED) is 0.382. The Balaban J connectivity index is 0. The number of hydrogen-bond donors (Lipinski definition) is 0. The van der Waals surface area contributed by atoms with Crippen LogP contribution in [0.1, 0.15) is 65.2 Å². The van der Waals surface area contributed by atoms with Gasteiger partial charge in [-0.1, -0.05) is 52.4 Å². The van der Waals surface area contributed by atoms with Crippen LogP contribution >= 0.6 is 23.2 Å². The molecule has 0 aliphatic carbocycles. The average Bonchev–Trinajstić information content (AvgIpc) is 2.21. The molecule has 0 heterocycles. The fourth-order valence-corrected chi connectivity index (χ4v) is 1.42. The molecule has 0 atom stereocenters. The summed E-state index contributed by atoms with van der Waals surface area (Å²) in [5, 5.41) is 0. The van der Waals surface area contributed by atoms with Crippen molar-refractivity contribution in [2.75, 3.05) is 11.8 Å². The smallest absolute Gasteiger partial charge is 0.0223 e. The lowest BCUT2D eigenvalue weighted by Gasteiger charge is -1.89. The van der Waals surface area contributed by atoms with Crippen LogP contribution in [0.2, 0.25) is 0 Å². The van der Waals surface area contributed by atoms with Crippen LogP contribution < -0.4 is 0 Å². The number of hydrogen-bond acceptors (Lipinski definition) is 0. The minimum absolute atomic E-state index is 0.833. The standard InChI is InChI=1S/2C6H13Cl/c2*1-2-3-4-5-6-7/h2*2-6H2,1H3. The van der Waals surface area contributed by atoms with Crippen molar-refractivity contribution in [1.29, 1.82) is 0 Å². The van der Waals surface area contributed by atoms with E-state index in [1.54, 1.807) is 0 Å². The Morgan fingerprint density at radius 3 is 1.14 bits per heavy atom. The van der Waals surface area contributed by atoms with Gasteiger partial charge in [0.15, 0.2) is 0 Å². The molecule has 2 heteroatoms. The molecule has 14 heavy (non-hydrogen) atoms. The molecular weight excluding hydrogens is 215 g/mol. The lowest BCUT2D eigenvalue weighted by atomic mass is 10.2. The molecule has 0 radical (unpaired) electrons. The fourth-order valence-electron chi connectivity index (χ4n) is 1.04. The van der Waals surface area contributed by atoms with E-state index in [-0.39, 0.29) is 0 Å². The van der Waals surface area contributed by atoms with Crippen LogP contribution in [0.4, 0.5) is 0 Å². The van der Waals surface area contributed by atoms with Crippen molar-refractivity contribution in [3.63, 3.8) is 0 Å². The maximum atomic E-state index is 5.44. The molecule has 0 spiro atoms. The van der Waals surface area contributed by atoms with Gasteiger partial charge in [-0.05, 0) is 12.8 Å². The van der Waals surface area contributed by atoms with Gasteiger partial charge in [-0.3, -0.25) is 0 Å². The van der Waals surface area contributed by atoms with E-state index in [4.69, 9.17) is 23.2 Å². The molecule has 0 aliphatic rings. The molecule has 0 unspecified atom stereocenters. The van der Waals surface area contributed by atoms with Gasteiger partial charge in [0.25, 0.3) is 0 Å². The summed E-state index contributed by atoms with van der Waals surface area (Å²) in [6.07, 6.45) is 10.3. The molecule has 0 nitrogen and oxygen atoms in total. The SMILES string of the molecule is CCCCCCCl.CCCCCCCl. The minimum atomic E-state index is 0.833. The highest BCUT2D eigenvalue weighted by Crippen LogP contribution is 1.99. The lowest BCUT2D eigenvalue weighted by molar-refractivity contribution is 0.705. The van der Waals surface area contributed by atoms with Crippen LogP contribution in [0.3, 0.4) is 0 Å². The predicted molar refractivity (Wildman–Crippen MR) is 69.7 cm³/mol. The molecule has 0 saturated heterocycles. The van der Waals surface area contributed by atoms with Gasteiger partial charge in [-0.15, -0.1) is 23.2 Å². The number of alkyl halides is 2. The summed E-state index contributed by atoms with van der Waals surface area (Å²) in [6.45, 7) is 4.41. The molecular formula is C12H26Cl2. The first-order chi connectivity index (χ1) is 6.83. The first kappa shape index (κ1) is 17.0. The van der Waals surface area contributed by atoms with Crippen molar-refractivity contribution in [3.05, 3.63) is 0 Å². The highest BCUT2D eigenvalue weighted by atomic mass is 35.5. The summed E-state index contributed by atoms with van der Waals surface area (Å²) in [5.74, 6) is 1.67. The maximum Gasteiger partial charge on any atom is 0.0223 e. The Kier molecular flexibility index (Phi) is 23.3. The molecule has 0 fully saturated rings. The van der Waals surface area contributed by atoms with Crippen LogP contribution in [0, 0.1) is 0 Å². The summed E-state index contributed by atoms with van der Waals surface area (Å²) in [4.78, 5) is 0. The van der Waals surface area contributed by atoms with Gasteiger partial charge < -0.3 is 0 Å². The highest BCUT2D eigenvalue weighted by molar-refractivity contribution is 6.18. The largest absolute Gasteiger partial charge is 0.127 e. The molecule has 0 bridgehead atoms. The molecule has 0 amide bonds. The van der Waals surface area contributed by atoms with Crippen molar-refractivity contribution in [1.82, 2.24) is 0 Å². The summed E-state index contributed by atoms with van der Waals surface area (Å²) in [6, 6.07) is 0. The van der Waals surface area contributed by atoms with Gasteiger partial charge in [0.1, 0.15) is 0 Å². The normalized spacial score (nSPS) is 9.43. The number of unbranched alkanes of at least 4 members (excludes halogenated alkanes) is 6. The zero-order valence-corrected chi connectivity index (χ0v) is 11.3. The van der Waals surface area contributed by atoms with Gasteiger partial charge in [0, 0.05) is 11.8 Å².